The summed E-state index contributed by atoms with van der Waals surface area (Å²) < 4.78 is 0. The third-order valence-corrected chi connectivity index (χ3v) is 3.66. The molecule has 1 unspecified atom stereocenters. The van der Waals surface area contributed by atoms with E-state index in [0.717, 1.165) is 25.1 Å². The molecule has 0 bridgehead atoms. The molecule has 0 radical (unpaired) electrons. The van der Waals surface area contributed by atoms with Gasteiger partial charge in [0.25, 0.3) is 5.91 Å². The minimum Gasteiger partial charge on any atom is -0.338 e. The maximum absolute atomic E-state index is 12.3. The highest BCUT2D eigenvalue weighted by molar-refractivity contribution is 5.94. The summed E-state index contributed by atoms with van der Waals surface area (Å²) in [5.74, 6) is 0.620. The SMILES string of the molecule is Cc1ccc(C(=O)N2CCC(CN)C2)cc1C.Cl. The summed E-state index contributed by atoms with van der Waals surface area (Å²) >= 11 is 0. The predicted molar refractivity (Wildman–Crippen MR) is 76.2 cm³/mol. The standard InChI is InChI=1S/C14H20N2O.ClH/c1-10-3-4-13(7-11(10)2)14(17)16-6-5-12(8-15)9-16;/h3-4,7,12H,5-6,8-9,15H2,1-2H3;1H. The predicted octanol–water partition coefficient (Wildman–Crippen LogP) is 2.15. The lowest BCUT2D eigenvalue weighted by Crippen LogP contribution is -2.29. The van der Waals surface area contributed by atoms with Crippen molar-refractivity contribution in [1.29, 1.82) is 0 Å². The first-order chi connectivity index (χ1) is 8.11. The molecular formula is C14H21ClN2O. The van der Waals surface area contributed by atoms with Gasteiger partial charge in [-0.15, -0.1) is 12.4 Å². The van der Waals surface area contributed by atoms with Gasteiger partial charge in [0.2, 0.25) is 0 Å². The molecule has 1 aliphatic rings. The van der Waals surface area contributed by atoms with Crippen molar-refractivity contribution in [2.45, 2.75) is 20.3 Å². The normalized spacial score (nSPS) is 18.6. The van der Waals surface area contributed by atoms with Crippen LogP contribution in [0.1, 0.15) is 27.9 Å². The van der Waals surface area contributed by atoms with Gasteiger partial charge in [-0.25, -0.2) is 0 Å². The number of nitrogens with two attached hydrogens (primary N) is 1. The number of rotatable bonds is 2. The summed E-state index contributed by atoms with van der Waals surface area (Å²) in [7, 11) is 0. The number of benzene rings is 1. The number of halogens is 1. The quantitative estimate of drug-likeness (QED) is 0.893. The summed E-state index contributed by atoms with van der Waals surface area (Å²) in [5.41, 5.74) is 8.83. The van der Waals surface area contributed by atoms with E-state index in [2.05, 4.69) is 6.92 Å². The van der Waals surface area contributed by atoms with E-state index >= 15 is 0 Å². The van der Waals surface area contributed by atoms with Crippen molar-refractivity contribution in [3.8, 4) is 0 Å². The van der Waals surface area contributed by atoms with Crippen molar-refractivity contribution in [1.82, 2.24) is 4.90 Å². The Hall–Kier alpha value is -1.06. The van der Waals surface area contributed by atoms with E-state index in [1.165, 1.54) is 11.1 Å². The van der Waals surface area contributed by atoms with Crippen LogP contribution in [-0.4, -0.2) is 30.4 Å². The third-order valence-electron chi connectivity index (χ3n) is 3.66. The molecule has 1 aromatic rings. The Kier molecular flexibility index (Phi) is 5.17. The van der Waals surface area contributed by atoms with Crippen LogP contribution in [0.25, 0.3) is 0 Å². The molecule has 0 aromatic heterocycles. The van der Waals surface area contributed by atoms with E-state index in [4.69, 9.17) is 5.73 Å². The Labute approximate surface area is 115 Å². The van der Waals surface area contributed by atoms with E-state index in [1.807, 2.05) is 30.0 Å². The molecule has 4 heteroatoms. The second kappa shape index (κ2) is 6.21. The highest BCUT2D eigenvalue weighted by Crippen LogP contribution is 2.19. The molecular weight excluding hydrogens is 248 g/mol. The van der Waals surface area contributed by atoms with Gasteiger partial charge in [0, 0.05) is 18.7 Å². The largest absolute Gasteiger partial charge is 0.338 e. The monoisotopic (exact) mass is 268 g/mol. The number of nitrogens with zero attached hydrogens (tertiary/aromatic N) is 1. The molecule has 1 amide bonds. The maximum Gasteiger partial charge on any atom is 0.253 e. The minimum absolute atomic E-state index is 0. The fourth-order valence-electron chi connectivity index (χ4n) is 2.27. The zero-order chi connectivity index (χ0) is 12.4. The first-order valence-corrected chi connectivity index (χ1v) is 6.18. The molecule has 3 nitrogen and oxygen atoms in total. The van der Waals surface area contributed by atoms with Crippen molar-refractivity contribution in [2.24, 2.45) is 11.7 Å². The zero-order valence-corrected chi connectivity index (χ0v) is 11.8. The Morgan fingerprint density at radius 3 is 2.67 bits per heavy atom. The van der Waals surface area contributed by atoms with E-state index in [1.54, 1.807) is 0 Å². The van der Waals surface area contributed by atoms with Gasteiger partial charge in [0.15, 0.2) is 0 Å². The minimum atomic E-state index is 0. The third kappa shape index (κ3) is 3.03. The molecule has 2 rings (SSSR count). The Morgan fingerprint density at radius 1 is 1.39 bits per heavy atom. The fraction of sp³-hybridized carbons (Fsp3) is 0.500. The van der Waals surface area contributed by atoms with Crippen LogP contribution in [0.4, 0.5) is 0 Å². The molecule has 0 aliphatic carbocycles. The van der Waals surface area contributed by atoms with E-state index in [0.29, 0.717) is 12.5 Å². The smallest absolute Gasteiger partial charge is 0.253 e. The number of carbonyl (C=O) groups excluding carboxylic acids is 1. The van der Waals surface area contributed by atoms with Gasteiger partial charge in [-0.1, -0.05) is 6.07 Å². The summed E-state index contributed by atoms with van der Waals surface area (Å²) in [6.07, 6.45) is 1.03. The van der Waals surface area contributed by atoms with Gasteiger partial charge >= 0.3 is 0 Å². The van der Waals surface area contributed by atoms with Crippen LogP contribution < -0.4 is 5.73 Å². The number of hydrogen-bond acceptors (Lipinski definition) is 2. The van der Waals surface area contributed by atoms with Crippen LogP contribution in [0.3, 0.4) is 0 Å². The number of hydrogen-bond donors (Lipinski definition) is 1. The second-order valence-corrected chi connectivity index (χ2v) is 4.94. The number of carbonyl (C=O) groups is 1. The molecule has 1 heterocycles. The number of likely N-dealkylation sites (tertiary alicyclic amines) is 1. The van der Waals surface area contributed by atoms with Gasteiger partial charge in [-0.2, -0.15) is 0 Å². The zero-order valence-electron chi connectivity index (χ0n) is 11.0. The summed E-state index contributed by atoms with van der Waals surface area (Å²) in [6.45, 7) is 6.43. The van der Waals surface area contributed by atoms with Crippen LogP contribution in [0.15, 0.2) is 18.2 Å². The number of amides is 1. The lowest BCUT2D eigenvalue weighted by atomic mass is 10.1. The van der Waals surface area contributed by atoms with E-state index in [-0.39, 0.29) is 18.3 Å². The molecule has 0 saturated carbocycles. The first-order valence-electron chi connectivity index (χ1n) is 6.18. The Balaban J connectivity index is 0.00000162. The highest BCUT2D eigenvalue weighted by Gasteiger charge is 2.25. The van der Waals surface area contributed by atoms with Crippen molar-refractivity contribution >= 4 is 18.3 Å². The molecule has 100 valence electrons. The van der Waals surface area contributed by atoms with Crippen LogP contribution in [-0.2, 0) is 0 Å². The Morgan fingerprint density at radius 2 is 2.11 bits per heavy atom. The van der Waals surface area contributed by atoms with Crippen LogP contribution >= 0.6 is 12.4 Å². The van der Waals surface area contributed by atoms with Crippen molar-refractivity contribution < 1.29 is 4.79 Å². The molecule has 1 aliphatic heterocycles. The average molecular weight is 269 g/mol. The number of aryl methyl sites for hydroxylation is 2. The van der Waals surface area contributed by atoms with E-state index in [9.17, 15) is 4.79 Å². The maximum atomic E-state index is 12.3. The highest BCUT2D eigenvalue weighted by atomic mass is 35.5. The summed E-state index contributed by atoms with van der Waals surface area (Å²) in [6, 6.07) is 5.91. The second-order valence-electron chi connectivity index (χ2n) is 4.94. The molecule has 1 saturated heterocycles. The fourth-order valence-corrected chi connectivity index (χ4v) is 2.27. The molecule has 1 aromatic carbocycles. The lowest BCUT2D eigenvalue weighted by molar-refractivity contribution is 0.0787. The first kappa shape index (κ1) is 15.0. The van der Waals surface area contributed by atoms with Crippen LogP contribution in [0.2, 0.25) is 0 Å². The molecule has 2 N–H and O–H groups in total. The Bertz CT molecular complexity index is 434. The van der Waals surface area contributed by atoms with Gasteiger partial charge in [-0.05, 0) is 56.0 Å². The van der Waals surface area contributed by atoms with Crippen molar-refractivity contribution in [3.63, 3.8) is 0 Å². The molecule has 1 atom stereocenters. The summed E-state index contributed by atoms with van der Waals surface area (Å²) in [5, 5.41) is 0. The van der Waals surface area contributed by atoms with Gasteiger partial charge in [0.1, 0.15) is 0 Å². The van der Waals surface area contributed by atoms with Crippen molar-refractivity contribution in [2.75, 3.05) is 19.6 Å². The van der Waals surface area contributed by atoms with Gasteiger partial charge < -0.3 is 10.6 Å². The average Bonchev–Trinajstić information content (AvgIpc) is 2.80. The van der Waals surface area contributed by atoms with Gasteiger partial charge in [0.05, 0.1) is 0 Å². The van der Waals surface area contributed by atoms with Crippen LogP contribution in [0.5, 0.6) is 0 Å². The lowest BCUT2D eigenvalue weighted by Gasteiger charge is -2.17. The summed E-state index contributed by atoms with van der Waals surface area (Å²) in [4.78, 5) is 14.2. The topological polar surface area (TPSA) is 46.3 Å². The molecule has 18 heavy (non-hydrogen) atoms. The molecule has 1 fully saturated rings. The van der Waals surface area contributed by atoms with E-state index < -0.39 is 0 Å². The van der Waals surface area contributed by atoms with Crippen LogP contribution in [0, 0.1) is 19.8 Å². The molecule has 0 spiro atoms. The van der Waals surface area contributed by atoms with Gasteiger partial charge in [-0.3, -0.25) is 4.79 Å². The van der Waals surface area contributed by atoms with Crippen molar-refractivity contribution in [3.05, 3.63) is 34.9 Å².